The van der Waals surface area contributed by atoms with Crippen LogP contribution in [0.4, 0.5) is 0 Å². The predicted octanol–water partition coefficient (Wildman–Crippen LogP) is 3.28. The quantitative estimate of drug-likeness (QED) is 0.0405. The number of carbonyl (C=O) groups excluding carboxylic acids is 5. The molecule has 1 saturated heterocycles. The summed E-state index contributed by atoms with van der Waals surface area (Å²) in [4.78, 5) is 67.0. The van der Waals surface area contributed by atoms with Crippen molar-refractivity contribution in [1.29, 1.82) is 0 Å². The summed E-state index contributed by atoms with van der Waals surface area (Å²) in [5, 5.41) is 24.3. The number of aliphatic hydroxyl groups excluding tert-OH is 1. The summed E-state index contributed by atoms with van der Waals surface area (Å²) in [6.45, 7) is 14.4. The normalized spacial score (nSPS) is 24.6. The molecule has 4 fully saturated rings. The van der Waals surface area contributed by atoms with E-state index in [2.05, 4.69) is 54.3 Å². The third-order valence-electron chi connectivity index (χ3n) is 13.2. The topological polar surface area (TPSA) is 236 Å². The first-order valence-electron chi connectivity index (χ1n) is 22.9. The van der Waals surface area contributed by atoms with Crippen molar-refractivity contribution in [1.82, 2.24) is 26.6 Å². The van der Waals surface area contributed by atoms with Crippen LogP contribution in [0, 0.1) is 17.3 Å². The van der Waals surface area contributed by atoms with E-state index in [0.717, 1.165) is 32.1 Å². The van der Waals surface area contributed by atoms with Gasteiger partial charge in [-0.3, -0.25) is 24.0 Å². The summed E-state index contributed by atoms with van der Waals surface area (Å²) in [5.74, 6) is -2.22. The first kappa shape index (κ1) is 50.6. The lowest BCUT2D eigenvalue weighted by molar-refractivity contribution is -0.199. The van der Waals surface area contributed by atoms with Gasteiger partial charge in [-0.15, -0.1) is 0 Å². The maximum atomic E-state index is 13.7. The molecular formula is C43H80BN7O8. The molecule has 1 heterocycles. The van der Waals surface area contributed by atoms with Crippen molar-refractivity contribution < 1.29 is 38.4 Å². The highest BCUT2D eigenvalue weighted by Crippen LogP contribution is 2.65. The van der Waals surface area contributed by atoms with Gasteiger partial charge in [-0.1, -0.05) is 72.1 Å². The first-order chi connectivity index (χ1) is 28.0. The van der Waals surface area contributed by atoms with Gasteiger partial charge in [0.15, 0.2) is 0 Å². The fourth-order valence-electron chi connectivity index (χ4n) is 9.22. The smallest absolute Gasteiger partial charge is 0.404 e. The fourth-order valence-corrected chi connectivity index (χ4v) is 9.22. The molecule has 4 rings (SSSR count). The van der Waals surface area contributed by atoms with Crippen LogP contribution >= 0.6 is 0 Å². The lowest BCUT2D eigenvalue weighted by Crippen LogP contribution is -2.65. The molecule has 0 aromatic carbocycles. The molecule has 3 aliphatic carbocycles. The molecule has 59 heavy (non-hydrogen) atoms. The zero-order valence-electron chi connectivity index (χ0n) is 37.4. The highest BCUT2D eigenvalue weighted by Gasteiger charge is 2.68. The Morgan fingerprint density at radius 1 is 0.695 bits per heavy atom. The maximum absolute atomic E-state index is 13.7. The van der Waals surface area contributed by atoms with Crippen molar-refractivity contribution in [3.05, 3.63) is 0 Å². The number of hydrogen-bond donors (Lipinski definition) is 8. The summed E-state index contributed by atoms with van der Waals surface area (Å²) >= 11 is 0. The number of carbonyl (C=O) groups is 5. The highest BCUT2D eigenvalue weighted by atomic mass is 16.7. The van der Waals surface area contributed by atoms with Crippen LogP contribution in [0.3, 0.4) is 0 Å². The van der Waals surface area contributed by atoms with Gasteiger partial charge >= 0.3 is 7.12 Å². The van der Waals surface area contributed by atoms with Crippen LogP contribution in [0.2, 0.25) is 0 Å². The predicted molar refractivity (Wildman–Crippen MR) is 230 cm³/mol. The van der Waals surface area contributed by atoms with Gasteiger partial charge in [-0.2, -0.15) is 0 Å². The minimum absolute atomic E-state index is 0.0430. The van der Waals surface area contributed by atoms with E-state index in [1.165, 1.54) is 46.0 Å². The Morgan fingerprint density at radius 3 is 1.81 bits per heavy atom. The second-order valence-corrected chi connectivity index (χ2v) is 18.4. The van der Waals surface area contributed by atoms with Crippen molar-refractivity contribution in [2.24, 2.45) is 28.7 Å². The lowest BCUT2D eigenvalue weighted by atomic mass is 9.43. The van der Waals surface area contributed by atoms with Crippen LogP contribution in [-0.4, -0.2) is 103 Å². The maximum Gasteiger partial charge on any atom is 0.481 e. The number of nitrogens with two attached hydrogens (primary N) is 2. The number of hydrogen-bond acceptors (Lipinski definition) is 10. The SMILES string of the molecule is CCCCCCCCCCCC(=O)N[C@@H](CCCCN)C(=O)N[C@H](C(=O)N[C@@H](C)C(=O)N[C@@H](CCCCN)C(=O)N[C@@H](C)B1OC2C[C@@H]3C[C@@H](C3(C)C)[C@]2(C)O1)[C@@H](C)O. The minimum Gasteiger partial charge on any atom is -0.404 e. The van der Waals surface area contributed by atoms with Gasteiger partial charge in [-0.05, 0) is 116 Å². The van der Waals surface area contributed by atoms with E-state index in [1.54, 1.807) is 0 Å². The van der Waals surface area contributed by atoms with E-state index in [4.69, 9.17) is 20.8 Å². The molecule has 0 radical (unpaired) electrons. The molecule has 0 aromatic heterocycles. The Bertz CT molecular complexity index is 1360. The second kappa shape index (κ2) is 24.6. The summed E-state index contributed by atoms with van der Waals surface area (Å²) < 4.78 is 12.9. The third kappa shape index (κ3) is 14.7. The van der Waals surface area contributed by atoms with Crippen molar-refractivity contribution in [2.75, 3.05) is 13.1 Å². The number of amides is 5. The molecule has 0 aromatic rings. The number of unbranched alkanes of at least 4 members (excludes halogenated alkanes) is 10. The Balaban J connectivity index is 1.54. The van der Waals surface area contributed by atoms with Gasteiger partial charge in [0.05, 0.1) is 23.8 Å². The average Bonchev–Trinajstić information content (AvgIpc) is 3.55. The molecular weight excluding hydrogens is 753 g/mol. The molecule has 1 aliphatic heterocycles. The van der Waals surface area contributed by atoms with Crippen LogP contribution in [0.25, 0.3) is 0 Å². The fraction of sp³-hybridized carbons (Fsp3) is 0.884. The van der Waals surface area contributed by atoms with Gasteiger partial charge in [0, 0.05) is 6.42 Å². The largest absolute Gasteiger partial charge is 0.481 e. The molecule has 0 spiro atoms. The molecule has 10 atom stereocenters. The summed E-state index contributed by atoms with van der Waals surface area (Å²) in [6.07, 6.45) is 14.1. The minimum atomic E-state index is -1.41. The monoisotopic (exact) mass is 834 g/mol. The van der Waals surface area contributed by atoms with E-state index in [1.807, 2.05) is 6.92 Å². The summed E-state index contributed by atoms with van der Waals surface area (Å²) in [5.41, 5.74) is 11.2. The zero-order valence-corrected chi connectivity index (χ0v) is 37.4. The summed E-state index contributed by atoms with van der Waals surface area (Å²) in [7, 11) is -0.636. The first-order valence-corrected chi connectivity index (χ1v) is 22.9. The molecule has 1 unspecified atom stereocenters. The second-order valence-electron chi connectivity index (χ2n) is 18.4. The zero-order chi connectivity index (χ0) is 43.8. The molecule has 338 valence electrons. The van der Waals surface area contributed by atoms with Crippen LogP contribution in [-0.2, 0) is 33.3 Å². The van der Waals surface area contributed by atoms with Crippen LogP contribution in [0.1, 0.15) is 164 Å². The van der Waals surface area contributed by atoms with Crippen LogP contribution in [0.5, 0.6) is 0 Å². The Labute approximate surface area is 354 Å². The lowest BCUT2D eigenvalue weighted by Gasteiger charge is -2.64. The van der Waals surface area contributed by atoms with E-state index in [-0.39, 0.29) is 23.8 Å². The number of rotatable bonds is 29. The van der Waals surface area contributed by atoms with Gasteiger partial charge in [0.25, 0.3) is 0 Å². The highest BCUT2D eigenvalue weighted by molar-refractivity contribution is 6.47. The van der Waals surface area contributed by atoms with Crippen molar-refractivity contribution in [2.45, 2.75) is 212 Å². The van der Waals surface area contributed by atoms with Crippen LogP contribution in [0.15, 0.2) is 0 Å². The van der Waals surface area contributed by atoms with Crippen molar-refractivity contribution in [3.8, 4) is 0 Å². The van der Waals surface area contributed by atoms with Crippen molar-refractivity contribution >= 4 is 36.7 Å². The third-order valence-corrected chi connectivity index (χ3v) is 13.2. The van der Waals surface area contributed by atoms with Gasteiger partial charge < -0.3 is 52.5 Å². The standard InChI is InChI=1S/C43H80BN7O8/c1-8-9-10-11-12-13-14-15-16-23-36(53)49-32(21-17-19-24-45)40(56)51-37(29(3)52)41(57)47-28(2)38(54)50-33(22-18-20-25-46)39(55)48-30(4)44-58-35-27-31-26-34(42(31,5)6)43(35,7)59-44/h28-35,37,52H,8-27,45-46H2,1-7H3,(H,47,57)(H,48,55)(H,49,53)(H,50,54)(H,51,56)/t28-,29+,30-,31-,32-,33-,34-,35?,37-,43-/m0/s1. The Morgan fingerprint density at radius 2 is 1.25 bits per heavy atom. The van der Waals surface area contributed by atoms with Gasteiger partial charge in [0.2, 0.25) is 29.5 Å². The number of nitrogens with one attached hydrogen (secondary N) is 5. The van der Waals surface area contributed by atoms with E-state index in [0.29, 0.717) is 69.9 Å². The molecule has 4 aliphatic rings. The molecule has 5 amide bonds. The average molecular weight is 834 g/mol. The van der Waals surface area contributed by atoms with E-state index in [9.17, 15) is 29.1 Å². The van der Waals surface area contributed by atoms with Gasteiger partial charge in [-0.25, -0.2) is 0 Å². The Kier molecular flexibility index (Phi) is 21.1. The van der Waals surface area contributed by atoms with E-state index < -0.39 is 72.6 Å². The van der Waals surface area contributed by atoms with E-state index >= 15 is 0 Å². The van der Waals surface area contributed by atoms with Crippen molar-refractivity contribution in [3.63, 3.8) is 0 Å². The van der Waals surface area contributed by atoms with Gasteiger partial charge in [0.1, 0.15) is 24.2 Å². The molecule has 3 saturated carbocycles. The molecule has 16 heteroatoms. The molecule has 10 N–H and O–H groups in total. The van der Waals surface area contributed by atoms with Crippen LogP contribution < -0.4 is 38.1 Å². The number of aliphatic hydroxyl groups is 1. The Hall–Kier alpha value is -2.79. The summed E-state index contributed by atoms with van der Waals surface area (Å²) in [6, 6.07) is -4.40. The molecule has 15 nitrogen and oxygen atoms in total. The molecule has 2 bridgehead atoms.